The van der Waals surface area contributed by atoms with Crippen molar-refractivity contribution in [2.24, 2.45) is 0 Å². The predicted octanol–water partition coefficient (Wildman–Crippen LogP) is 1.98. The second kappa shape index (κ2) is 9.54. The number of benzene rings is 1. The highest BCUT2D eigenvalue weighted by Gasteiger charge is 2.18. The molecule has 2 heterocycles. The lowest BCUT2D eigenvalue weighted by atomic mass is 10.1. The minimum Gasteiger partial charge on any atom is -0.490 e. The molecule has 144 valence electrons. The van der Waals surface area contributed by atoms with Gasteiger partial charge in [0.05, 0.1) is 0 Å². The lowest BCUT2D eigenvalue weighted by molar-refractivity contribution is -0.134. The number of carboxylic acid groups (broad SMARTS) is 2. The highest BCUT2D eigenvalue weighted by molar-refractivity contribution is 5.89. The molecule has 0 saturated carbocycles. The highest BCUT2D eigenvalue weighted by Crippen LogP contribution is 2.23. The van der Waals surface area contributed by atoms with E-state index in [1.165, 1.54) is 6.07 Å². The van der Waals surface area contributed by atoms with Crippen molar-refractivity contribution < 1.29 is 29.0 Å². The van der Waals surface area contributed by atoms with E-state index < -0.39 is 11.9 Å². The van der Waals surface area contributed by atoms with Crippen LogP contribution in [-0.4, -0.2) is 53.3 Å². The largest absolute Gasteiger partial charge is 0.490 e. The highest BCUT2D eigenvalue weighted by atomic mass is 16.5. The summed E-state index contributed by atoms with van der Waals surface area (Å²) < 4.78 is 11.1. The number of nitrogens with zero attached hydrogens (tertiary/aromatic N) is 1. The van der Waals surface area contributed by atoms with Gasteiger partial charge in [0, 0.05) is 42.8 Å². The summed E-state index contributed by atoms with van der Waals surface area (Å²) >= 11 is 0. The van der Waals surface area contributed by atoms with Crippen molar-refractivity contribution in [3.63, 3.8) is 0 Å². The van der Waals surface area contributed by atoms with Crippen LogP contribution in [0, 0.1) is 0 Å². The van der Waals surface area contributed by atoms with Crippen LogP contribution in [0.5, 0.6) is 5.75 Å². The van der Waals surface area contributed by atoms with Gasteiger partial charge in [-0.25, -0.2) is 14.4 Å². The molecule has 1 fully saturated rings. The molecule has 1 aromatic carbocycles. The number of hydrogen-bond donors (Lipinski definition) is 2. The molecular weight excluding hydrogens is 354 g/mol. The van der Waals surface area contributed by atoms with Crippen LogP contribution in [0.3, 0.4) is 0 Å². The summed E-state index contributed by atoms with van der Waals surface area (Å²) in [5.41, 5.74) is 0.252. The van der Waals surface area contributed by atoms with Crippen LogP contribution in [0.15, 0.2) is 51.7 Å². The SMILES string of the molecule is CN1CCC(Oc2ccc3ccc(=O)oc3c2)CC1.O=C(O)/C=C/C(=O)O. The monoisotopic (exact) mass is 375 g/mol. The molecule has 27 heavy (non-hydrogen) atoms. The Morgan fingerprint density at radius 2 is 1.70 bits per heavy atom. The molecule has 1 aliphatic heterocycles. The summed E-state index contributed by atoms with van der Waals surface area (Å²) in [4.78, 5) is 32.6. The first-order valence-electron chi connectivity index (χ1n) is 8.36. The third kappa shape index (κ3) is 6.95. The fraction of sp³-hybridized carbons (Fsp3) is 0.316. The van der Waals surface area contributed by atoms with E-state index in [0.717, 1.165) is 37.1 Å². The van der Waals surface area contributed by atoms with Crippen molar-refractivity contribution in [2.75, 3.05) is 20.1 Å². The van der Waals surface area contributed by atoms with Crippen LogP contribution in [0.25, 0.3) is 11.0 Å². The number of rotatable bonds is 4. The zero-order chi connectivity index (χ0) is 19.8. The number of likely N-dealkylation sites (tertiary alicyclic amines) is 1. The molecule has 2 N–H and O–H groups in total. The first kappa shape index (κ1) is 20.2. The van der Waals surface area contributed by atoms with Gasteiger partial charge in [0.15, 0.2) is 0 Å². The van der Waals surface area contributed by atoms with Gasteiger partial charge >= 0.3 is 17.6 Å². The zero-order valence-electron chi connectivity index (χ0n) is 14.8. The molecule has 1 saturated heterocycles. The standard InChI is InChI=1S/C15H17NO3.C4H4O4/c1-16-8-6-12(7-9-16)18-13-4-2-11-3-5-15(17)19-14(11)10-13;5-3(6)1-2-4(7)8/h2-5,10,12H,6-9H2,1H3;1-2H,(H,5,6)(H,7,8)/b;2-1+. The van der Waals surface area contributed by atoms with Gasteiger partial charge in [-0.1, -0.05) is 0 Å². The molecule has 0 atom stereocenters. The molecule has 0 bridgehead atoms. The van der Waals surface area contributed by atoms with Crippen molar-refractivity contribution in [3.8, 4) is 5.75 Å². The molecule has 0 amide bonds. The quantitative estimate of drug-likeness (QED) is 0.615. The maximum atomic E-state index is 11.2. The molecule has 3 rings (SSSR count). The molecule has 0 unspecified atom stereocenters. The number of aliphatic carboxylic acids is 2. The van der Waals surface area contributed by atoms with Crippen LogP contribution in [0.1, 0.15) is 12.8 Å². The molecule has 0 radical (unpaired) electrons. The molecule has 0 aliphatic carbocycles. The number of ether oxygens (including phenoxy) is 1. The Morgan fingerprint density at radius 1 is 1.11 bits per heavy atom. The molecule has 2 aromatic rings. The van der Waals surface area contributed by atoms with Gasteiger partial charge in [0.1, 0.15) is 17.4 Å². The average Bonchev–Trinajstić information content (AvgIpc) is 2.62. The van der Waals surface area contributed by atoms with Crippen molar-refractivity contribution in [1.29, 1.82) is 0 Å². The van der Waals surface area contributed by atoms with Gasteiger partial charge < -0.3 is 24.3 Å². The Hall–Kier alpha value is -3.13. The Kier molecular flexibility index (Phi) is 7.13. The van der Waals surface area contributed by atoms with Crippen LogP contribution in [-0.2, 0) is 9.59 Å². The van der Waals surface area contributed by atoms with Crippen molar-refractivity contribution >= 4 is 22.9 Å². The van der Waals surface area contributed by atoms with Crippen LogP contribution in [0.2, 0.25) is 0 Å². The topological polar surface area (TPSA) is 117 Å². The van der Waals surface area contributed by atoms with Gasteiger partial charge in [0.25, 0.3) is 0 Å². The Labute approximate surface area is 155 Å². The molecule has 8 heteroatoms. The summed E-state index contributed by atoms with van der Waals surface area (Å²) in [6.45, 7) is 2.13. The fourth-order valence-electron chi connectivity index (χ4n) is 2.55. The van der Waals surface area contributed by atoms with Gasteiger partial charge in [-0.15, -0.1) is 0 Å². The van der Waals surface area contributed by atoms with Gasteiger partial charge in [-0.05, 0) is 38.1 Å². The second-order valence-corrected chi connectivity index (χ2v) is 6.08. The Balaban J connectivity index is 0.000000279. The minimum absolute atomic E-state index is 0.254. The molecule has 1 aromatic heterocycles. The number of carbonyl (C=O) groups is 2. The first-order valence-corrected chi connectivity index (χ1v) is 8.36. The number of carboxylic acids is 2. The third-order valence-corrected chi connectivity index (χ3v) is 3.93. The molecule has 0 spiro atoms. The summed E-state index contributed by atoms with van der Waals surface area (Å²) in [5.74, 6) is -1.74. The fourth-order valence-corrected chi connectivity index (χ4v) is 2.55. The molecular formula is C19H21NO7. The van der Waals surface area contributed by atoms with Crippen LogP contribution >= 0.6 is 0 Å². The number of fused-ring (bicyclic) bond motifs is 1. The Bertz CT molecular complexity index is 863. The maximum Gasteiger partial charge on any atom is 0.336 e. The number of piperidine rings is 1. The van der Waals surface area contributed by atoms with E-state index >= 15 is 0 Å². The summed E-state index contributed by atoms with van der Waals surface area (Å²) in [6.07, 6.45) is 3.44. The maximum absolute atomic E-state index is 11.2. The first-order chi connectivity index (χ1) is 12.8. The zero-order valence-corrected chi connectivity index (χ0v) is 14.8. The van der Waals surface area contributed by atoms with Crippen molar-refractivity contribution in [3.05, 3.63) is 52.9 Å². The number of hydrogen-bond acceptors (Lipinski definition) is 6. The molecule has 1 aliphatic rings. The van der Waals surface area contributed by atoms with Gasteiger partial charge in [-0.2, -0.15) is 0 Å². The van der Waals surface area contributed by atoms with Gasteiger partial charge in [-0.3, -0.25) is 0 Å². The summed E-state index contributed by atoms with van der Waals surface area (Å²) in [7, 11) is 2.13. The van der Waals surface area contributed by atoms with Gasteiger partial charge in [0.2, 0.25) is 0 Å². The van der Waals surface area contributed by atoms with Crippen molar-refractivity contribution in [1.82, 2.24) is 4.90 Å². The van der Waals surface area contributed by atoms with E-state index in [9.17, 15) is 14.4 Å². The predicted molar refractivity (Wildman–Crippen MR) is 98.0 cm³/mol. The lowest BCUT2D eigenvalue weighted by Crippen LogP contribution is -2.35. The second-order valence-electron chi connectivity index (χ2n) is 6.08. The summed E-state index contributed by atoms with van der Waals surface area (Å²) in [5, 5.41) is 16.5. The summed E-state index contributed by atoms with van der Waals surface area (Å²) in [6, 6.07) is 8.85. The average molecular weight is 375 g/mol. The third-order valence-electron chi connectivity index (χ3n) is 3.93. The van der Waals surface area contributed by atoms with Crippen LogP contribution < -0.4 is 10.4 Å². The van der Waals surface area contributed by atoms with E-state index in [4.69, 9.17) is 19.4 Å². The van der Waals surface area contributed by atoms with E-state index in [0.29, 0.717) is 17.7 Å². The lowest BCUT2D eigenvalue weighted by Gasteiger charge is -2.29. The smallest absolute Gasteiger partial charge is 0.336 e. The van der Waals surface area contributed by atoms with E-state index in [1.807, 2.05) is 12.1 Å². The van der Waals surface area contributed by atoms with Crippen molar-refractivity contribution in [2.45, 2.75) is 18.9 Å². The van der Waals surface area contributed by atoms with E-state index in [2.05, 4.69) is 11.9 Å². The van der Waals surface area contributed by atoms with E-state index in [-0.39, 0.29) is 11.7 Å². The Morgan fingerprint density at radius 3 is 2.30 bits per heavy atom. The van der Waals surface area contributed by atoms with Crippen LogP contribution in [0.4, 0.5) is 0 Å². The minimum atomic E-state index is -1.26. The van der Waals surface area contributed by atoms with E-state index in [1.54, 1.807) is 12.1 Å². The normalized spacial score (nSPS) is 15.3. The molecule has 8 nitrogen and oxygen atoms in total.